The van der Waals surface area contributed by atoms with Gasteiger partial charge in [-0.3, -0.25) is 9.59 Å². The number of esters is 2. The van der Waals surface area contributed by atoms with Crippen LogP contribution in [0.5, 0.6) is 0 Å². The van der Waals surface area contributed by atoms with Gasteiger partial charge in [-0.1, -0.05) is 24.3 Å². The highest BCUT2D eigenvalue weighted by Gasteiger charge is 2.19. The first-order valence-corrected chi connectivity index (χ1v) is 9.93. The van der Waals surface area contributed by atoms with Crippen LogP contribution in [0, 0.1) is 6.92 Å². The summed E-state index contributed by atoms with van der Waals surface area (Å²) in [4.78, 5) is 49.5. The van der Waals surface area contributed by atoms with Crippen molar-refractivity contribution in [3.63, 3.8) is 0 Å². The topological polar surface area (TPSA) is 111 Å². The molecule has 2 N–H and O–H groups in total. The summed E-state index contributed by atoms with van der Waals surface area (Å²) in [6.07, 6.45) is 0. The van der Waals surface area contributed by atoms with Crippen molar-refractivity contribution in [2.75, 3.05) is 24.9 Å². The number of carbonyl (C=O) groups excluding carboxylic acids is 4. The Morgan fingerprint density at radius 1 is 0.636 bits per heavy atom. The van der Waals surface area contributed by atoms with Crippen LogP contribution < -0.4 is 10.6 Å². The van der Waals surface area contributed by atoms with Crippen molar-refractivity contribution in [1.82, 2.24) is 0 Å². The predicted octanol–water partition coefficient (Wildman–Crippen LogP) is 4.07. The standard InChI is InChI=1S/C25H22N2O6/c1-15-9-10-17(13-20(15)26-22(28)16-7-5-4-6-8-16)23(29)27-21-14-18(24(30)32-2)11-12-19(21)25(31)33-3/h4-14H,1-3H3,(H,26,28)(H,27,29). The predicted molar refractivity (Wildman–Crippen MR) is 123 cm³/mol. The highest BCUT2D eigenvalue weighted by Crippen LogP contribution is 2.23. The van der Waals surface area contributed by atoms with Crippen LogP contribution in [0.2, 0.25) is 0 Å². The fourth-order valence-corrected chi connectivity index (χ4v) is 3.06. The van der Waals surface area contributed by atoms with Crippen molar-refractivity contribution in [2.45, 2.75) is 6.92 Å². The zero-order valence-corrected chi connectivity index (χ0v) is 18.3. The number of aryl methyl sites for hydroxylation is 1. The van der Waals surface area contributed by atoms with Crippen molar-refractivity contribution < 1.29 is 28.7 Å². The molecule has 8 nitrogen and oxygen atoms in total. The van der Waals surface area contributed by atoms with Gasteiger partial charge in [-0.05, 0) is 55.0 Å². The third kappa shape index (κ3) is 5.43. The first-order valence-electron chi connectivity index (χ1n) is 9.93. The van der Waals surface area contributed by atoms with Gasteiger partial charge in [0.05, 0.1) is 31.0 Å². The van der Waals surface area contributed by atoms with Gasteiger partial charge in [0, 0.05) is 16.8 Å². The quantitative estimate of drug-likeness (QED) is 0.552. The SMILES string of the molecule is COC(=O)c1ccc(C(=O)OC)c(NC(=O)c2ccc(C)c(NC(=O)c3ccccc3)c2)c1. The number of anilines is 2. The Balaban J connectivity index is 1.88. The van der Waals surface area contributed by atoms with Crippen molar-refractivity contribution in [3.05, 3.63) is 94.5 Å². The molecule has 0 saturated carbocycles. The number of nitrogens with one attached hydrogen (secondary N) is 2. The number of benzene rings is 3. The molecule has 8 heteroatoms. The second-order valence-corrected chi connectivity index (χ2v) is 7.05. The van der Waals surface area contributed by atoms with Crippen molar-refractivity contribution in [1.29, 1.82) is 0 Å². The van der Waals surface area contributed by atoms with Crippen LogP contribution in [0.15, 0.2) is 66.7 Å². The number of amides is 2. The van der Waals surface area contributed by atoms with Crippen LogP contribution in [0.3, 0.4) is 0 Å². The van der Waals surface area contributed by atoms with Gasteiger partial charge in [0.25, 0.3) is 11.8 Å². The van der Waals surface area contributed by atoms with E-state index in [1.54, 1.807) is 43.3 Å². The molecule has 0 saturated heterocycles. The Morgan fingerprint density at radius 2 is 1.21 bits per heavy atom. The van der Waals surface area contributed by atoms with Crippen LogP contribution in [0.1, 0.15) is 47.0 Å². The average Bonchev–Trinajstić information content (AvgIpc) is 2.84. The molecule has 0 aliphatic heterocycles. The maximum atomic E-state index is 13.0. The normalized spacial score (nSPS) is 10.2. The number of ether oxygens (including phenoxy) is 2. The summed E-state index contributed by atoms with van der Waals surface area (Å²) in [5.41, 5.74) is 2.26. The van der Waals surface area contributed by atoms with Crippen LogP contribution in [-0.4, -0.2) is 38.0 Å². The Bertz CT molecular complexity index is 1220. The fourth-order valence-electron chi connectivity index (χ4n) is 3.06. The molecule has 0 atom stereocenters. The van der Waals surface area contributed by atoms with E-state index in [9.17, 15) is 19.2 Å². The lowest BCUT2D eigenvalue weighted by Gasteiger charge is -2.13. The molecule has 0 radical (unpaired) electrons. The minimum atomic E-state index is -0.679. The largest absolute Gasteiger partial charge is 0.465 e. The molecule has 0 bridgehead atoms. The fraction of sp³-hybridized carbons (Fsp3) is 0.120. The maximum absolute atomic E-state index is 13.0. The summed E-state index contributed by atoms with van der Waals surface area (Å²) >= 11 is 0. The van der Waals surface area contributed by atoms with Gasteiger partial charge in [-0.2, -0.15) is 0 Å². The molecule has 0 fully saturated rings. The summed E-state index contributed by atoms with van der Waals surface area (Å²) in [6, 6.07) is 17.6. The summed E-state index contributed by atoms with van der Waals surface area (Å²) in [5.74, 6) is -2.16. The van der Waals surface area contributed by atoms with E-state index in [1.165, 1.54) is 38.5 Å². The van der Waals surface area contributed by atoms with Crippen molar-refractivity contribution in [3.8, 4) is 0 Å². The van der Waals surface area contributed by atoms with Gasteiger partial charge in [0.2, 0.25) is 0 Å². The van der Waals surface area contributed by atoms with E-state index in [-0.39, 0.29) is 28.3 Å². The Morgan fingerprint density at radius 3 is 1.88 bits per heavy atom. The molecule has 33 heavy (non-hydrogen) atoms. The first kappa shape index (κ1) is 23.2. The molecule has 0 aliphatic rings. The smallest absolute Gasteiger partial charge is 0.339 e. The van der Waals surface area contributed by atoms with E-state index >= 15 is 0 Å². The number of hydrogen-bond acceptors (Lipinski definition) is 6. The summed E-state index contributed by atoms with van der Waals surface area (Å²) in [7, 11) is 2.44. The molecular weight excluding hydrogens is 424 g/mol. The monoisotopic (exact) mass is 446 g/mol. The summed E-state index contributed by atoms with van der Waals surface area (Å²) < 4.78 is 9.46. The highest BCUT2D eigenvalue weighted by atomic mass is 16.5. The lowest BCUT2D eigenvalue weighted by atomic mass is 10.1. The number of methoxy groups -OCH3 is 2. The van der Waals surface area contributed by atoms with Crippen molar-refractivity contribution in [2.24, 2.45) is 0 Å². The van der Waals surface area contributed by atoms with E-state index in [0.29, 0.717) is 11.3 Å². The average molecular weight is 446 g/mol. The van der Waals surface area contributed by atoms with E-state index < -0.39 is 17.8 Å². The van der Waals surface area contributed by atoms with Crippen LogP contribution in [-0.2, 0) is 9.47 Å². The molecule has 0 aliphatic carbocycles. The summed E-state index contributed by atoms with van der Waals surface area (Å²) in [6.45, 7) is 1.80. The third-order valence-electron chi connectivity index (χ3n) is 4.88. The second-order valence-electron chi connectivity index (χ2n) is 7.05. The lowest BCUT2D eigenvalue weighted by molar-refractivity contribution is 0.0587. The Hall–Kier alpha value is -4.46. The highest BCUT2D eigenvalue weighted by molar-refractivity contribution is 6.10. The second kappa shape index (κ2) is 10.2. The third-order valence-corrected chi connectivity index (χ3v) is 4.88. The zero-order chi connectivity index (χ0) is 24.0. The molecule has 0 spiro atoms. The molecule has 2 amide bonds. The van der Waals surface area contributed by atoms with E-state index in [1.807, 2.05) is 6.07 Å². The molecule has 168 valence electrons. The molecular formula is C25H22N2O6. The molecule has 0 aromatic heterocycles. The zero-order valence-electron chi connectivity index (χ0n) is 18.3. The molecule has 3 rings (SSSR count). The van der Waals surface area contributed by atoms with Crippen LogP contribution in [0.4, 0.5) is 11.4 Å². The molecule has 0 heterocycles. The van der Waals surface area contributed by atoms with Gasteiger partial charge in [-0.25, -0.2) is 9.59 Å². The molecule has 0 unspecified atom stereocenters. The molecule has 3 aromatic carbocycles. The minimum Gasteiger partial charge on any atom is -0.465 e. The van der Waals surface area contributed by atoms with Gasteiger partial charge < -0.3 is 20.1 Å². The van der Waals surface area contributed by atoms with Crippen LogP contribution in [0.25, 0.3) is 0 Å². The van der Waals surface area contributed by atoms with E-state index in [4.69, 9.17) is 9.47 Å². The Labute approximate surface area is 190 Å². The van der Waals surface area contributed by atoms with Crippen LogP contribution >= 0.6 is 0 Å². The van der Waals surface area contributed by atoms with Gasteiger partial charge in [0.15, 0.2) is 0 Å². The van der Waals surface area contributed by atoms with Gasteiger partial charge in [-0.15, -0.1) is 0 Å². The van der Waals surface area contributed by atoms with Gasteiger partial charge in [0.1, 0.15) is 0 Å². The Kier molecular flexibility index (Phi) is 7.20. The minimum absolute atomic E-state index is 0.0724. The summed E-state index contributed by atoms with van der Waals surface area (Å²) in [5, 5.41) is 5.43. The number of carbonyl (C=O) groups is 4. The van der Waals surface area contributed by atoms with Gasteiger partial charge >= 0.3 is 11.9 Å². The molecule has 3 aromatic rings. The lowest BCUT2D eigenvalue weighted by Crippen LogP contribution is -2.18. The van der Waals surface area contributed by atoms with Crippen molar-refractivity contribution >= 4 is 35.1 Å². The number of hydrogen-bond donors (Lipinski definition) is 2. The maximum Gasteiger partial charge on any atom is 0.339 e. The van der Waals surface area contributed by atoms with E-state index in [0.717, 1.165) is 5.56 Å². The first-order chi connectivity index (χ1) is 15.8. The van der Waals surface area contributed by atoms with E-state index in [2.05, 4.69) is 10.6 Å². The number of rotatable bonds is 6.